The third-order valence-electron chi connectivity index (χ3n) is 2.79. The van der Waals surface area contributed by atoms with Gasteiger partial charge in [-0.25, -0.2) is 9.97 Å². The normalized spacial score (nSPS) is 16.3. The zero-order valence-corrected chi connectivity index (χ0v) is 9.36. The minimum absolute atomic E-state index is 0.149. The Kier molecular flexibility index (Phi) is 3.03. The second kappa shape index (κ2) is 4.47. The van der Waals surface area contributed by atoms with Crippen LogP contribution in [0.1, 0.15) is 41.9 Å². The number of nitrogens with two attached hydrogens (primary N) is 1. The third kappa shape index (κ3) is 2.48. The number of aromatic nitrogens is 2. The van der Waals surface area contributed by atoms with Crippen molar-refractivity contribution in [2.75, 3.05) is 5.73 Å². The molecule has 5 nitrogen and oxygen atoms in total. The average Bonchev–Trinajstić information content (AvgIpc) is 2.68. The Morgan fingerprint density at radius 1 is 1.44 bits per heavy atom. The number of carbonyl (C=O) groups is 1. The van der Waals surface area contributed by atoms with Crippen LogP contribution < -0.4 is 11.1 Å². The molecule has 0 bridgehead atoms. The van der Waals surface area contributed by atoms with Gasteiger partial charge in [-0.3, -0.25) is 4.79 Å². The summed E-state index contributed by atoms with van der Waals surface area (Å²) in [7, 11) is 0. The summed E-state index contributed by atoms with van der Waals surface area (Å²) >= 11 is 0. The molecule has 5 heteroatoms. The number of nitrogen functional groups attached to an aromatic ring is 1. The number of nitrogens with one attached hydrogen (secondary N) is 1. The van der Waals surface area contributed by atoms with Crippen LogP contribution >= 0.6 is 0 Å². The summed E-state index contributed by atoms with van der Waals surface area (Å²) < 4.78 is 0. The molecule has 16 heavy (non-hydrogen) atoms. The second-order valence-corrected chi connectivity index (χ2v) is 4.21. The van der Waals surface area contributed by atoms with E-state index < -0.39 is 0 Å². The Balaban J connectivity index is 2.07. The summed E-state index contributed by atoms with van der Waals surface area (Å²) in [4.78, 5) is 19.7. The van der Waals surface area contributed by atoms with Crippen LogP contribution in [-0.2, 0) is 0 Å². The average molecular weight is 220 g/mol. The molecule has 1 aliphatic carbocycles. The van der Waals surface area contributed by atoms with Crippen LogP contribution in [0, 0.1) is 6.92 Å². The van der Waals surface area contributed by atoms with Gasteiger partial charge in [0.05, 0.1) is 0 Å². The van der Waals surface area contributed by atoms with Crippen molar-refractivity contribution in [3.8, 4) is 0 Å². The van der Waals surface area contributed by atoms with Crippen molar-refractivity contribution in [2.45, 2.75) is 38.6 Å². The highest BCUT2D eigenvalue weighted by Crippen LogP contribution is 2.18. The fourth-order valence-corrected chi connectivity index (χ4v) is 2.04. The van der Waals surface area contributed by atoms with Crippen molar-refractivity contribution in [3.05, 3.63) is 17.5 Å². The van der Waals surface area contributed by atoms with Gasteiger partial charge in [-0.2, -0.15) is 0 Å². The molecule has 1 fully saturated rings. The van der Waals surface area contributed by atoms with Crippen LogP contribution in [0.4, 0.5) is 5.95 Å². The molecule has 0 aliphatic heterocycles. The number of nitrogens with zero attached hydrogens (tertiary/aromatic N) is 2. The molecule has 0 aromatic carbocycles. The first kappa shape index (κ1) is 10.9. The SMILES string of the molecule is Cc1cc(C(=O)NC2CCCC2)nc(N)n1. The molecule has 2 rings (SSSR count). The molecular weight excluding hydrogens is 204 g/mol. The molecule has 1 saturated carbocycles. The van der Waals surface area contributed by atoms with E-state index in [1.165, 1.54) is 12.8 Å². The third-order valence-corrected chi connectivity index (χ3v) is 2.79. The van der Waals surface area contributed by atoms with Crippen LogP contribution in [-0.4, -0.2) is 21.9 Å². The fourth-order valence-electron chi connectivity index (χ4n) is 2.04. The lowest BCUT2D eigenvalue weighted by molar-refractivity contribution is 0.0932. The van der Waals surface area contributed by atoms with Crippen LogP contribution in [0.15, 0.2) is 6.07 Å². The van der Waals surface area contributed by atoms with E-state index in [0.717, 1.165) is 12.8 Å². The largest absolute Gasteiger partial charge is 0.368 e. The van der Waals surface area contributed by atoms with Crippen molar-refractivity contribution in [3.63, 3.8) is 0 Å². The van der Waals surface area contributed by atoms with E-state index in [1.807, 2.05) is 0 Å². The molecule has 86 valence electrons. The van der Waals surface area contributed by atoms with Crippen LogP contribution in [0.5, 0.6) is 0 Å². The summed E-state index contributed by atoms with van der Waals surface area (Å²) in [5.74, 6) is 0.000622. The summed E-state index contributed by atoms with van der Waals surface area (Å²) in [6, 6.07) is 1.95. The molecular formula is C11H16N4O. The van der Waals surface area contributed by atoms with Gasteiger partial charge < -0.3 is 11.1 Å². The van der Waals surface area contributed by atoms with Crippen molar-refractivity contribution in [2.24, 2.45) is 0 Å². The number of hydrogen-bond donors (Lipinski definition) is 2. The Morgan fingerprint density at radius 2 is 2.12 bits per heavy atom. The lowest BCUT2D eigenvalue weighted by Gasteiger charge is -2.11. The molecule has 1 aliphatic rings. The fraction of sp³-hybridized carbons (Fsp3) is 0.545. The van der Waals surface area contributed by atoms with Crippen LogP contribution in [0.3, 0.4) is 0 Å². The minimum Gasteiger partial charge on any atom is -0.368 e. The van der Waals surface area contributed by atoms with Crippen molar-refractivity contribution in [1.82, 2.24) is 15.3 Å². The molecule has 1 aromatic rings. The quantitative estimate of drug-likeness (QED) is 0.780. The van der Waals surface area contributed by atoms with Gasteiger partial charge in [0.1, 0.15) is 5.69 Å². The Labute approximate surface area is 94.5 Å². The Morgan fingerprint density at radius 3 is 2.75 bits per heavy atom. The van der Waals surface area contributed by atoms with Crippen molar-refractivity contribution >= 4 is 11.9 Å². The molecule has 0 spiro atoms. The monoisotopic (exact) mass is 220 g/mol. The summed E-state index contributed by atoms with van der Waals surface area (Å²) in [6.07, 6.45) is 4.50. The lowest BCUT2D eigenvalue weighted by atomic mass is 10.2. The highest BCUT2D eigenvalue weighted by atomic mass is 16.1. The zero-order valence-electron chi connectivity index (χ0n) is 9.36. The van der Waals surface area contributed by atoms with Gasteiger partial charge in [-0.15, -0.1) is 0 Å². The van der Waals surface area contributed by atoms with Crippen LogP contribution in [0.25, 0.3) is 0 Å². The van der Waals surface area contributed by atoms with Gasteiger partial charge in [-0.1, -0.05) is 12.8 Å². The number of hydrogen-bond acceptors (Lipinski definition) is 4. The number of carbonyl (C=O) groups excluding carboxylic acids is 1. The maximum absolute atomic E-state index is 11.8. The van der Waals surface area contributed by atoms with Gasteiger partial charge in [0.2, 0.25) is 5.95 Å². The van der Waals surface area contributed by atoms with E-state index >= 15 is 0 Å². The number of rotatable bonds is 2. The summed E-state index contributed by atoms with van der Waals surface area (Å²) in [5, 5.41) is 2.96. The maximum Gasteiger partial charge on any atom is 0.270 e. The molecule has 0 unspecified atom stereocenters. The molecule has 3 N–H and O–H groups in total. The van der Waals surface area contributed by atoms with E-state index in [0.29, 0.717) is 17.4 Å². The van der Waals surface area contributed by atoms with E-state index in [2.05, 4.69) is 15.3 Å². The Bertz CT molecular complexity index is 379. The number of amides is 1. The summed E-state index contributed by atoms with van der Waals surface area (Å²) in [6.45, 7) is 1.80. The van der Waals surface area contributed by atoms with Gasteiger partial charge in [0.15, 0.2) is 0 Å². The highest BCUT2D eigenvalue weighted by Gasteiger charge is 2.18. The molecule has 1 amide bonds. The van der Waals surface area contributed by atoms with Crippen LogP contribution in [0.2, 0.25) is 0 Å². The van der Waals surface area contributed by atoms with E-state index in [9.17, 15) is 4.79 Å². The first-order valence-corrected chi connectivity index (χ1v) is 5.57. The maximum atomic E-state index is 11.8. The topological polar surface area (TPSA) is 80.9 Å². The lowest BCUT2D eigenvalue weighted by Crippen LogP contribution is -2.33. The summed E-state index contributed by atoms with van der Waals surface area (Å²) in [5.41, 5.74) is 6.57. The van der Waals surface area contributed by atoms with E-state index in [1.54, 1.807) is 13.0 Å². The van der Waals surface area contributed by atoms with Gasteiger partial charge in [0.25, 0.3) is 5.91 Å². The second-order valence-electron chi connectivity index (χ2n) is 4.21. The van der Waals surface area contributed by atoms with Crippen molar-refractivity contribution < 1.29 is 4.79 Å². The van der Waals surface area contributed by atoms with Crippen molar-refractivity contribution in [1.29, 1.82) is 0 Å². The zero-order chi connectivity index (χ0) is 11.5. The molecule has 1 heterocycles. The molecule has 0 radical (unpaired) electrons. The molecule has 0 saturated heterocycles. The van der Waals surface area contributed by atoms with Gasteiger partial charge >= 0.3 is 0 Å². The smallest absolute Gasteiger partial charge is 0.270 e. The van der Waals surface area contributed by atoms with Gasteiger partial charge in [-0.05, 0) is 25.8 Å². The predicted molar refractivity (Wildman–Crippen MR) is 60.9 cm³/mol. The van der Waals surface area contributed by atoms with Gasteiger partial charge in [0, 0.05) is 11.7 Å². The Hall–Kier alpha value is -1.65. The minimum atomic E-state index is -0.149. The van der Waals surface area contributed by atoms with E-state index in [4.69, 9.17) is 5.73 Å². The highest BCUT2D eigenvalue weighted by molar-refractivity contribution is 5.92. The first-order valence-electron chi connectivity index (χ1n) is 5.57. The predicted octanol–water partition coefficient (Wildman–Crippen LogP) is 1.04. The molecule has 1 aromatic heterocycles. The van der Waals surface area contributed by atoms with E-state index in [-0.39, 0.29) is 11.9 Å². The first-order chi connectivity index (χ1) is 7.65. The standard InChI is InChI=1S/C11H16N4O/c1-7-6-9(15-11(12)13-7)10(16)14-8-4-2-3-5-8/h6,8H,2-5H2,1H3,(H,14,16)(H2,12,13,15). The number of aryl methyl sites for hydroxylation is 1. The molecule has 0 atom stereocenters. The number of anilines is 1.